The van der Waals surface area contributed by atoms with Crippen molar-refractivity contribution in [3.05, 3.63) is 82.5 Å². The second-order valence-electron chi connectivity index (χ2n) is 6.06. The standard InChI is InChI=1S/C20H14Cl2FN5/c1-12-16(11-28(27-12)15-5-3-14(23)4-6-15)18-8-9-24-20(25-18)26-19-7-2-13(21)10-17(19)22/h2-11H,1H3,(H,24,25,26). The van der Waals surface area contributed by atoms with Gasteiger partial charge in [-0.15, -0.1) is 0 Å². The molecule has 0 aliphatic carbocycles. The summed E-state index contributed by atoms with van der Waals surface area (Å²) in [6.07, 6.45) is 3.51. The molecule has 140 valence electrons. The average molecular weight is 414 g/mol. The molecule has 0 radical (unpaired) electrons. The maximum atomic E-state index is 13.2. The molecule has 2 aromatic carbocycles. The number of hydrogen-bond donors (Lipinski definition) is 1. The first-order valence-corrected chi connectivity index (χ1v) is 9.13. The minimum absolute atomic E-state index is 0.291. The minimum Gasteiger partial charge on any atom is -0.323 e. The zero-order valence-corrected chi connectivity index (χ0v) is 16.2. The Morgan fingerprint density at radius 3 is 2.57 bits per heavy atom. The fraction of sp³-hybridized carbons (Fsp3) is 0.0500. The molecule has 2 aromatic heterocycles. The number of benzene rings is 2. The van der Waals surface area contributed by atoms with Crippen molar-refractivity contribution in [2.24, 2.45) is 0 Å². The van der Waals surface area contributed by atoms with Gasteiger partial charge in [-0.2, -0.15) is 5.10 Å². The summed E-state index contributed by atoms with van der Waals surface area (Å²) < 4.78 is 14.8. The van der Waals surface area contributed by atoms with E-state index in [1.165, 1.54) is 12.1 Å². The van der Waals surface area contributed by atoms with Gasteiger partial charge in [0, 0.05) is 23.0 Å². The third-order valence-corrected chi connectivity index (χ3v) is 4.65. The lowest BCUT2D eigenvalue weighted by Gasteiger charge is -2.08. The van der Waals surface area contributed by atoms with E-state index >= 15 is 0 Å². The van der Waals surface area contributed by atoms with Crippen LogP contribution in [0.3, 0.4) is 0 Å². The molecule has 8 heteroatoms. The van der Waals surface area contributed by atoms with Gasteiger partial charge in [-0.25, -0.2) is 19.0 Å². The van der Waals surface area contributed by atoms with Crippen molar-refractivity contribution in [3.63, 3.8) is 0 Å². The van der Waals surface area contributed by atoms with Gasteiger partial charge in [0.1, 0.15) is 5.82 Å². The topological polar surface area (TPSA) is 55.6 Å². The highest BCUT2D eigenvalue weighted by Gasteiger charge is 2.12. The Morgan fingerprint density at radius 1 is 1.04 bits per heavy atom. The molecule has 0 atom stereocenters. The van der Waals surface area contributed by atoms with Crippen LogP contribution in [0.25, 0.3) is 16.9 Å². The average Bonchev–Trinajstić information content (AvgIpc) is 3.07. The van der Waals surface area contributed by atoms with Crippen molar-refractivity contribution in [2.75, 3.05) is 5.32 Å². The summed E-state index contributed by atoms with van der Waals surface area (Å²) in [7, 11) is 0. The van der Waals surface area contributed by atoms with Crippen LogP contribution < -0.4 is 5.32 Å². The van der Waals surface area contributed by atoms with Crippen LogP contribution in [-0.4, -0.2) is 19.7 Å². The van der Waals surface area contributed by atoms with E-state index in [4.69, 9.17) is 23.2 Å². The molecule has 0 saturated heterocycles. The van der Waals surface area contributed by atoms with E-state index in [1.54, 1.807) is 47.3 Å². The third kappa shape index (κ3) is 3.83. The molecule has 5 nitrogen and oxygen atoms in total. The van der Waals surface area contributed by atoms with Crippen LogP contribution in [0, 0.1) is 12.7 Å². The molecular weight excluding hydrogens is 400 g/mol. The molecule has 1 N–H and O–H groups in total. The predicted octanol–water partition coefficient (Wildman–Crippen LogP) is 5.83. The van der Waals surface area contributed by atoms with Crippen LogP contribution in [0.1, 0.15) is 5.69 Å². The Kier molecular flexibility index (Phi) is 4.98. The Balaban J connectivity index is 1.65. The van der Waals surface area contributed by atoms with Crippen molar-refractivity contribution in [3.8, 4) is 16.9 Å². The Morgan fingerprint density at radius 2 is 1.82 bits per heavy atom. The number of aromatic nitrogens is 4. The van der Waals surface area contributed by atoms with Crippen LogP contribution >= 0.6 is 23.2 Å². The molecule has 0 saturated carbocycles. The van der Waals surface area contributed by atoms with E-state index in [1.807, 2.05) is 13.1 Å². The van der Waals surface area contributed by atoms with Crippen LogP contribution in [0.2, 0.25) is 10.0 Å². The van der Waals surface area contributed by atoms with Crippen molar-refractivity contribution in [1.29, 1.82) is 0 Å². The van der Waals surface area contributed by atoms with Gasteiger partial charge in [-0.05, 0) is 55.5 Å². The molecule has 28 heavy (non-hydrogen) atoms. The molecule has 0 aliphatic rings. The molecule has 2 heterocycles. The molecule has 0 fully saturated rings. The van der Waals surface area contributed by atoms with Gasteiger partial charge in [0.05, 0.1) is 27.8 Å². The summed E-state index contributed by atoms with van der Waals surface area (Å²) >= 11 is 12.1. The highest BCUT2D eigenvalue weighted by atomic mass is 35.5. The van der Waals surface area contributed by atoms with Crippen LogP contribution in [0.15, 0.2) is 60.9 Å². The smallest absolute Gasteiger partial charge is 0.227 e. The minimum atomic E-state index is -0.291. The molecule has 0 amide bonds. The number of rotatable bonds is 4. The molecule has 0 spiro atoms. The van der Waals surface area contributed by atoms with E-state index in [9.17, 15) is 4.39 Å². The van der Waals surface area contributed by atoms with Gasteiger partial charge in [-0.1, -0.05) is 23.2 Å². The second-order valence-corrected chi connectivity index (χ2v) is 6.91. The lowest BCUT2D eigenvalue weighted by atomic mass is 10.2. The molecule has 0 aliphatic heterocycles. The van der Waals surface area contributed by atoms with Gasteiger partial charge < -0.3 is 5.32 Å². The molecular formula is C20H14Cl2FN5. The summed E-state index contributed by atoms with van der Waals surface area (Å²) in [4.78, 5) is 8.80. The SMILES string of the molecule is Cc1nn(-c2ccc(F)cc2)cc1-c1ccnc(Nc2ccc(Cl)cc2Cl)n1. The van der Waals surface area contributed by atoms with Gasteiger partial charge in [-0.3, -0.25) is 0 Å². The molecule has 0 bridgehead atoms. The maximum absolute atomic E-state index is 13.2. The molecule has 0 unspecified atom stereocenters. The van der Waals surface area contributed by atoms with Crippen molar-refractivity contribution in [2.45, 2.75) is 6.92 Å². The van der Waals surface area contributed by atoms with E-state index in [0.29, 0.717) is 27.4 Å². The number of nitrogens with one attached hydrogen (secondary N) is 1. The van der Waals surface area contributed by atoms with Crippen molar-refractivity contribution < 1.29 is 4.39 Å². The Labute approximate surface area is 170 Å². The quantitative estimate of drug-likeness (QED) is 0.457. The number of aryl methyl sites for hydroxylation is 1. The molecule has 4 aromatic rings. The summed E-state index contributed by atoms with van der Waals surface area (Å²) in [5, 5.41) is 8.62. The summed E-state index contributed by atoms with van der Waals surface area (Å²) in [5.74, 6) is 0.107. The first-order chi connectivity index (χ1) is 13.5. The number of anilines is 2. The zero-order valence-electron chi connectivity index (χ0n) is 14.7. The zero-order chi connectivity index (χ0) is 19.7. The fourth-order valence-corrected chi connectivity index (χ4v) is 3.17. The van der Waals surface area contributed by atoms with Crippen LogP contribution in [0.5, 0.6) is 0 Å². The van der Waals surface area contributed by atoms with Gasteiger partial charge >= 0.3 is 0 Å². The lowest BCUT2D eigenvalue weighted by Crippen LogP contribution is -1.98. The van der Waals surface area contributed by atoms with Crippen LogP contribution in [-0.2, 0) is 0 Å². The Hall–Kier alpha value is -2.96. The summed E-state index contributed by atoms with van der Waals surface area (Å²) in [5.41, 5.74) is 3.75. The fourth-order valence-electron chi connectivity index (χ4n) is 2.72. The highest BCUT2D eigenvalue weighted by molar-refractivity contribution is 6.36. The highest BCUT2D eigenvalue weighted by Crippen LogP contribution is 2.28. The number of nitrogens with zero attached hydrogens (tertiary/aromatic N) is 4. The normalized spacial score (nSPS) is 10.9. The summed E-state index contributed by atoms with van der Waals surface area (Å²) in [6.45, 7) is 1.89. The maximum Gasteiger partial charge on any atom is 0.227 e. The van der Waals surface area contributed by atoms with Gasteiger partial charge in [0.15, 0.2) is 0 Å². The first kappa shape index (κ1) is 18.4. The largest absolute Gasteiger partial charge is 0.323 e. The van der Waals surface area contributed by atoms with E-state index < -0.39 is 0 Å². The number of halogens is 3. The monoisotopic (exact) mass is 413 g/mol. The third-order valence-electron chi connectivity index (χ3n) is 4.10. The van der Waals surface area contributed by atoms with Gasteiger partial charge in [0.2, 0.25) is 5.95 Å². The van der Waals surface area contributed by atoms with Crippen LogP contribution in [0.4, 0.5) is 16.0 Å². The number of hydrogen-bond acceptors (Lipinski definition) is 4. The van der Waals surface area contributed by atoms with E-state index in [-0.39, 0.29) is 5.82 Å². The first-order valence-electron chi connectivity index (χ1n) is 8.37. The molecule has 4 rings (SSSR count). The summed E-state index contributed by atoms with van der Waals surface area (Å²) in [6, 6.07) is 13.1. The second kappa shape index (κ2) is 7.58. The lowest BCUT2D eigenvalue weighted by molar-refractivity contribution is 0.627. The van der Waals surface area contributed by atoms with E-state index in [2.05, 4.69) is 20.4 Å². The Bertz CT molecular complexity index is 1140. The van der Waals surface area contributed by atoms with E-state index in [0.717, 1.165) is 16.9 Å². The van der Waals surface area contributed by atoms with Crippen molar-refractivity contribution >= 4 is 34.8 Å². The van der Waals surface area contributed by atoms with Crippen molar-refractivity contribution in [1.82, 2.24) is 19.7 Å². The predicted molar refractivity (Wildman–Crippen MR) is 109 cm³/mol. The van der Waals surface area contributed by atoms with Gasteiger partial charge in [0.25, 0.3) is 0 Å².